The lowest BCUT2D eigenvalue weighted by atomic mass is 10.1. The number of halogens is 2. The maximum Gasteiger partial charge on any atom is 0.311 e. The summed E-state index contributed by atoms with van der Waals surface area (Å²) in [6.45, 7) is 3.39. The van der Waals surface area contributed by atoms with Crippen LogP contribution in [0.1, 0.15) is 18.1 Å². The number of amides is 1. The molecular weight excluding hydrogens is 377 g/mol. The van der Waals surface area contributed by atoms with Gasteiger partial charge >= 0.3 is 5.97 Å². The molecule has 0 fully saturated rings. The van der Waals surface area contributed by atoms with Crippen LogP contribution in [0.15, 0.2) is 36.4 Å². The van der Waals surface area contributed by atoms with E-state index in [1.165, 1.54) is 14.0 Å². The number of esters is 1. The summed E-state index contributed by atoms with van der Waals surface area (Å²) in [6.07, 6.45) is -1.01. The molecule has 5 nitrogen and oxygen atoms in total. The van der Waals surface area contributed by atoms with Crippen molar-refractivity contribution in [2.24, 2.45) is 0 Å². The van der Waals surface area contributed by atoms with Crippen LogP contribution in [0, 0.1) is 6.92 Å². The predicted molar refractivity (Wildman–Crippen MR) is 102 cm³/mol. The first-order valence-corrected chi connectivity index (χ1v) is 8.65. The summed E-state index contributed by atoms with van der Waals surface area (Å²) in [5.74, 6) is -0.473. The Morgan fingerprint density at radius 3 is 2.42 bits per heavy atom. The van der Waals surface area contributed by atoms with Gasteiger partial charge in [0, 0.05) is 5.56 Å². The smallest absolute Gasteiger partial charge is 0.311 e. The van der Waals surface area contributed by atoms with Crippen molar-refractivity contribution in [1.29, 1.82) is 0 Å². The van der Waals surface area contributed by atoms with Crippen molar-refractivity contribution >= 4 is 40.8 Å². The molecule has 26 heavy (non-hydrogen) atoms. The highest BCUT2D eigenvalue weighted by molar-refractivity contribution is 6.39. The normalized spacial score (nSPS) is 11.6. The van der Waals surface area contributed by atoms with Crippen molar-refractivity contribution in [3.8, 4) is 5.75 Å². The van der Waals surface area contributed by atoms with Crippen molar-refractivity contribution in [2.75, 3.05) is 12.4 Å². The molecule has 2 rings (SSSR count). The average molecular weight is 396 g/mol. The fraction of sp³-hybridized carbons (Fsp3) is 0.263. The molecule has 0 heterocycles. The van der Waals surface area contributed by atoms with E-state index in [2.05, 4.69) is 5.32 Å². The highest BCUT2D eigenvalue weighted by atomic mass is 35.5. The minimum absolute atomic E-state index is 0.00464. The number of carbonyl (C=O) groups is 2. The van der Waals surface area contributed by atoms with Crippen LogP contribution in [-0.4, -0.2) is 25.1 Å². The lowest BCUT2D eigenvalue weighted by molar-refractivity contribution is -0.152. The standard InChI is InChI=1S/C19H19Cl2NO4/c1-11-7-8-16(25-3)13(9-11)10-17(23)26-12(2)19(24)22-18-14(20)5-4-6-15(18)21/h4-9,12H,10H2,1-3H3,(H,22,24)/t12-/m1/s1. The Labute approximate surface area is 162 Å². The molecule has 0 bridgehead atoms. The molecule has 0 aliphatic heterocycles. The van der Waals surface area contributed by atoms with Gasteiger partial charge in [0.25, 0.3) is 5.91 Å². The highest BCUT2D eigenvalue weighted by Crippen LogP contribution is 2.30. The van der Waals surface area contributed by atoms with E-state index in [0.717, 1.165) is 5.56 Å². The van der Waals surface area contributed by atoms with E-state index in [-0.39, 0.29) is 12.1 Å². The second-order valence-corrected chi connectivity index (χ2v) is 6.52. The molecule has 0 unspecified atom stereocenters. The van der Waals surface area contributed by atoms with Gasteiger partial charge in [0.1, 0.15) is 5.75 Å². The van der Waals surface area contributed by atoms with Gasteiger partial charge in [0.05, 0.1) is 29.3 Å². The minimum Gasteiger partial charge on any atom is -0.496 e. The molecule has 2 aromatic carbocycles. The molecule has 0 aromatic heterocycles. The van der Waals surface area contributed by atoms with E-state index < -0.39 is 18.0 Å². The number of para-hydroxylation sites is 1. The second-order valence-electron chi connectivity index (χ2n) is 5.71. The zero-order chi connectivity index (χ0) is 19.3. The van der Waals surface area contributed by atoms with Crippen molar-refractivity contribution in [3.05, 3.63) is 57.6 Å². The summed E-state index contributed by atoms with van der Waals surface area (Å²) in [4.78, 5) is 24.4. The van der Waals surface area contributed by atoms with E-state index in [1.807, 2.05) is 19.1 Å². The lowest BCUT2D eigenvalue weighted by Crippen LogP contribution is -2.30. The fourth-order valence-electron chi connectivity index (χ4n) is 2.34. The Morgan fingerprint density at radius 2 is 1.81 bits per heavy atom. The number of hydrogen-bond acceptors (Lipinski definition) is 4. The number of benzene rings is 2. The quantitative estimate of drug-likeness (QED) is 0.734. The first kappa shape index (κ1) is 20.1. The predicted octanol–water partition coefficient (Wildman–Crippen LogP) is 4.42. The highest BCUT2D eigenvalue weighted by Gasteiger charge is 2.21. The largest absolute Gasteiger partial charge is 0.496 e. The van der Waals surface area contributed by atoms with Gasteiger partial charge in [-0.15, -0.1) is 0 Å². The average Bonchev–Trinajstić information content (AvgIpc) is 2.58. The number of aryl methyl sites for hydroxylation is 1. The van der Waals surface area contributed by atoms with Crippen molar-refractivity contribution in [2.45, 2.75) is 26.4 Å². The van der Waals surface area contributed by atoms with Gasteiger partial charge in [-0.3, -0.25) is 9.59 Å². The van der Waals surface area contributed by atoms with Gasteiger partial charge in [-0.1, -0.05) is 47.0 Å². The van der Waals surface area contributed by atoms with E-state index in [9.17, 15) is 9.59 Å². The molecular formula is C19H19Cl2NO4. The fourth-order valence-corrected chi connectivity index (χ4v) is 2.83. The molecule has 1 N–H and O–H groups in total. The van der Waals surface area contributed by atoms with E-state index in [0.29, 0.717) is 21.4 Å². The first-order valence-electron chi connectivity index (χ1n) is 7.89. The molecule has 1 amide bonds. The summed E-state index contributed by atoms with van der Waals surface area (Å²) in [5.41, 5.74) is 1.97. The molecule has 1 atom stereocenters. The van der Waals surface area contributed by atoms with Crippen LogP contribution in [-0.2, 0) is 20.7 Å². The van der Waals surface area contributed by atoms with Crippen LogP contribution in [0.2, 0.25) is 10.0 Å². The van der Waals surface area contributed by atoms with Crippen LogP contribution < -0.4 is 10.1 Å². The van der Waals surface area contributed by atoms with Crippen LogP contribution in [0.25, 0.3) is 0 Å². The molecule has 0 aliphatic rings. The Kier molecular flexibility index (Phi) is 6.89. The molecule has 7 heteroatoms. The van der Waals surface area contributed by atoms with E-state index in [4.69, 9.17) is 32.7 Å². The number of anilines is 1. The third-order valence-corrected chi connectivity index (χ3v) is 4.29. The Hall–Kier alpha value is -2.24. The molecule has 0 radical (unpaired) electrons. The molecule has 0 aliphatic carbocycles. The molecule has 2 aromatic rings. The van der Waals surface area contributed by atoms with Gasteiger partial charge < -0.3 is 14.8 Å². The van der Waals surface area contributed by atoms with Gasteiger partial charge in [-0.2, -0.15) is 0 Å². The van der Waals surface area contributed by atoms with Crippen LogP contribution >= 0.6 is 23.2 Å². The number of ether oxygens (including phenoxy) is 2. The van der Waals surface area contributed by atoms with Crippen molar-refractivity contribution < 1.29 is 19.1 Å². The Bertz CT molecular complexity index is 803. The summed E-state index contributed by atoms with van der Waals surface area (Å²) in [5, 5.41) is 3.17. The number of rotatable bonds is 6. The number of carbonyl (C=O) groups excluding carboxylic acids is 2. The summed E-state index contributed by atoms with van der Waals surface area (Å²) >= 11 is 12.0. The molecule has 0 saturated heterocycles. The lowest BCUT2D eigenvalue weighted by Gasteiger charge is -2.15. The maximum atomic E-state index is 12.3. The minimum atomic E-state index is -1.01. The summed E-state index contributed by atoms with van der Waals surface area (Å²) in [7, 11) is 1.53. The van der Waals surface area contributed by atoms with Crippen LogP contribution in [0.5, 0.6) is 5.75 Å². The van der Waals surface area contributed by atoms with Gasteiger partial charge in [-0.05, 0) is 32.0 Å². The second kappa shape index (κ2) is 8.92. The number of nitrogens with one attached hydrogen (secondary N) is 1. The summed E-state index contributed by atoms with van der Waals surface area (Å²) in [6, 6.07) is 10.4. The molecule has 0 spiro atoms. The van der Waals surface area contributed by atoms with E-state index >= 15 is 0 Å². The molecule has 0 saturated carbocycles. The van der Waals surface area contributed by atoms with Gasteiger partial charge in [0.2, 0.25) is 0 Å². The van der Waals surface area contributed by atoms with Crippen LogP contribution in [0.4, 0.5) is 5.69 Å². The Balaban J connectivity index is 2.00. The monoisotopic (exact) mass is 395 g/mol. The zero-order valence-electron chi connectivity index (χ0n) is 14.6. The number of methoxy groups -OCH3 is 1. The first-order chi connectivity index (χ1) is 12.3. The zero-order valence-corrected chi connectivity index (χ0v) is 16.1. The third-order valence-electron chi connectivity index (χ3n) is 3.66. The number of hydrogen-bond donors (Lipinski definition) is 1. The van der Waals surface area contributed by atoms with Crippen molar-refractivity contribution in [1.82, 2.24) is 0 Å². The topological polar surface area (TPSA) is 64.6 Å². The van der Waals surface area contributed by atoms with E-state index in [1.54, 1.807) is 24.3 Å². The third kappa shape index (κ3) is 5.13. The SMILES string of the molecule is COc1ccc(C)cc1CC(=O)O[C@H](C)C(=O)Nc1c(Cl)cccc1Cl. The van der Waals surface area contributed by atoms with Gasteiger partial charge in [0.15, 0.2) is 6.10 Å². The van der Waals surface area contributed by atoms with Crippen molar-refractivity contribution in [3.63, 3.8) is 0 Å². The molecule has 138 valence electrons. The Morgan fingerprint density at radius 1 is 1.15 bits per heavy atom. The van der Waals surface area contributed by atoms with Crippen LogP contribution in [0.3, 0.4) is 0 Å². The maximum absolute atomic E-state index is 12.3. The summed E-state index contributed by atoms with van der Waals surface area (Å²) < 4.78 is 10.5. The van der Waals surface area contributed by atoms with Gasteiger partial charge in [-0.25, -0.2) is 0 Å².